The van der Waals surface area contributed by atoms with Crippen molar-refractivity contribution in [2.75, 3.05) is 0 Å². The molecule has 1 aliphatic carbocycles. The Morgan fingerprint density at radius 2 is 1.85 bits per heavy atom. The molecule has 0 amide bonds. The van der Waals surface area contributed by atoms with Crippen molar-refractivity contribution in [3.8, 4) is 0 Å². The first-order chi connectivity index (χ1) is 5.84. The average molecular weight is 191 g/mol. The van der Waals surface area contributed by atoms with Gasteiger partial charge in [-0.25, -0.2) is 8.78 Å². The van der Waals surface area contributed by atoms with Crippen LogP contribution in [0.1, 0.15) is 34.1 Å². The van der Waals surface area contributed by atoms with E-state index in [1.165, 1.54) is 0 Å². The average Bonchev–Trinajstić information content (AvgIpc) is 2.03. The summed E-state index contributed by atoms with van der Waals surface area (Å²) in [6.07, 6.45) is -1.27. The highest BCUT2D eigenvalue weighted by Crippen LogP contribution is 2.35. The maximum Gasteiger partial charge on any atom is 0.255 e. The van der Waals surface area contributed by atoms with Crippen LogP contribution in [0.2, 0.25) is 0 Å². The fraction of sp³-hybridized carbons (Fsp3) is 1.00. The van der Waals surface area contributed by atoms with Crippen LogP contribution in [0.15, 0.2) is 0 Å². The minimum atomic E-state index is -2.30. The van der Waals surface area contributed by atoms with E-state index in [1.54, 1.807) is 13.8 Å². The molecule has 3 atom stereocenters. The van der Waals surface area contributed by atoms with Gasteiger partial charge in [0.1, 0.15) is 0 Å². The Morgan fingerprint density at radius 1 is 1.31 bits per heavy atom. The van der Waals surface area contributed by atoms with Gasteiger partial charge in [0.25, 0.3) is 6.43 Å². The summed E-state index contributed by atoms with van der Waals surface area (Å²) in [5.74, 6) is 1.20. The third-order valence-corrected chi connectivity index (χ3v) is 3.26. The summed E-state index contributed by atoms with van der Waals surface area (Å²) in [4.78, 5) is 0. The highest BCUT2D eigenvalue weighted by molar-refractivity contribution is 4.95. The predicted octanol–water partition coefficient (Wildman–Crippen LogP) is 2.66. The number of alkyl halides is 2. The van der Waals surface area contributed by atoms with Crippen LogP contribution in [0, 0.1) is 11.8 Å². The molecular weight excluding hydrogens is 172 g/mol. The maximum atomic E-state index is 12.5. The summed E-state index contributed by atoms with van der Waals surface area (Å²) in [7, 11) is 0. The molecule has 78 valence electrons. The summed E-state index contributed by atoms with van der Waals surface area (Å²) in [6, 6.07) is 0.277. The van der Waals surface area contributed by atoms with Gasteiger partial charge in [0.05, 0.1) is 5.54 Å². The molecule has 1 fully saturated rings. The molecule has 1 N–H and O–H groups in total. The molecule has 3 unspecified atom stereocenters. The Bertz CT molecular complexity index is 180. The van der Waals surface area contributed by atoms with Gasteiger partial charge in [-0.1, -0.05) is 13.8 Å². The number of nitrogens with one attached hydrogen (secondary N) is 1. The van der Waals surface area contributed by atoms with Crippen LogP contribution in [0.25, 0.3) is 0 Å². The third-order valence-electron chi connectivity index (χ3n) is 3.26. The normalized spacial score (nSPS) is 34.8. The Kier molecular flexibility index (Phi) is 2.95. The van der Waals surface area contributed by atoms with Crippen LogP contribution in [0.4, 0.5) is 8.78 Å². The molecular formula is C10H19F2N. The zero-order valence-corrected chi connectivity index (χ0v) is 8.77. The van der Waals surface area contributed by atoms with E-state index in [4.69, 9.17) is 0 Å². The largest absolute Gasteiger partial charge is 0.304 e. The first-order valence-corrected chi connectivity index (χ1v) is 4.90. The van der Waals surface area contributed by atoms with Crippen molar-refractivity contribution in [1.82, 2.24) is 5.32 Å². The van der Waals surface area contributed by atoms with Gasteiger partial charge in [0, 0.05) is 6.04 Å². The molecule has 0 saturated heterocycles. The van der Waals surface area contributed by atoms with Crippen molar-refractivity contribution < 1.29 is 8.78 Å². The van der Waals surface area contributed by atoms with E-state index in [2.05, 4.69) is 19.2 Å². The Balaban J connectivity index is 2.41. The summed E-state index contributed by atoms with van der Waals surface area (Å²) in [6.45, 7) is 7.41. The predicted molar refractivity (Wildman–Crippen MR) is 50.0 cm³/mol. The van der Waals surface area contributed by atoms with Crippen LogP contribution >= 0.6 is 0 Å². The maximum absolute atomic E-state index is 12.5. The Hall–Kier alpha value is -0.180. The lowest BCUT2D eigenvalue weighted by Crippen LogP contribution is -2.58. The Morgan fingerprint density at radius 3 is 2.15 bits per heavy atom. The van der Waals surface area contributed by atoms with Crippen LogP contribution in [0.3, 0.4) is 0 Å². The van der Waals surface area contributed by atoms with E-state index in [0.717, 1.165) is 6.42 Å². The van der Waals surface area contributed by atoms with Crippen molar-refractivity contribution in [1.29, 1.82) is 0 Å². The summed E-state index contributed by atoms with van der Waals surface area (Å²) >= 11 is 0. The van der Waals surface area contributed by atoms with Crippen LogP contribution in [-0.4, -0.2) is 18.0 Å². The lowest BCUT2D eigenvalue weighted by molar-refractivity contribution is 0.0135. The third kappa shape index (κ3) is 2.19. The number of halogens is 2. The number of hydrogen-bond acceptors (Lipinski definition) is 1. The van der Waals surface area contributed by atoms with Crippen molar-refractivity contribution in [2.45, 2.75) is 52.1 Å². The fourth-order valence-electron chi connectivity index (χ4n) is 1.76. The summed E-state index contributed by atoms with van der Waals surface area (Å²) in [5.41, 5.74) is -1.04. The van der Waals surface area contributed by atoms with Crippen LogP contribution in [0.5, 0.6) is 0 Å². The molecule has 0 radical (unpaired) electrons. The molecule has 1 nitrogen and oxygen atoms in total. The van der Waals surface area contributed by atoms with E-state index in [1.807, 2.05) is 0 Å². The topological polar surface area (TPSA) is 12.0 Å². The minimum Gasteiger partial charge on any atom is -0.304 e. The van der Waals surface area contributed by atoms with E-state index >= 15 is 0 Å². The second kappa shape index (κ2) is 3.52. The monoisotopic (exact) mass is 191 g/mol. The first kappa shape index (κ1) is 10.9. The van der Waals surface area contributed by atoms with Gasteiger partial charge in [-0.05, 0) is 32.1 Å². The van der Waals surface area contributed by atoms with Gasteiger partial charge < -0.3 is 5.32 Å². The summed E-state index contributed by atoms with van der Waals surface area (Å²) in [5, 5.41) is 3.02. The van der Waals surface area contributed by atoms with E-state index < -0.39 is 12.0 Å². The van der Waals surface area contributed by atoms with Crippen molar-refractivity contribution in [3.05, 3.63) is 0 Å². The smallest absolute Gasteiger partial charge is 0.255 e. The fourth-order valence-corrected chi connectivity index (χ4v) is 1.76. The highest BCUT2D eigenvalue weighted by atomic mass is 19.3. The molecule has 0 bridgehead atoms. The SMILES string of the molecule is CC1CC(NC(C)(C)C(F)F)C1C. The standard InChI is InChI=1S/C10H19F2N/c1-6-5-8(7(6)2)13-10(3,4)9(11)12/h6-9,13H,5H2,1-4H3. The van der Waals surface area contributed by atoms with Gasteiger partial charge >= 0.3 is 0 Å². The molecule has 1 rings (SSSR count). The molecule has 13 heavy (non-hydrogen) atoms. The summed E-state index contributed by atoms with van der Waals surface area (Å²) < 4.78 is 25.0. The molecule has 1 aliphatic rings. The molecule has 0 aromatic carbocycles. The molecule has 0 aliphatic heterocycles. The van der Waals surface area contributed by atoms with Gasteiger partial charge in [-0.3, -0.25) is 0 Å². The molecule has 0 aromatic rings. The minimum absolute atomic E-state index is 0.277. The molecule has 3 heteroatoms. The van der Waals surface area contributed by atoms with Crippen molar-refractivity contribution in [2.24, 2.45) is 11.8 Å². The molecule has 1 saturated carbocycles. The molecule has 0 heterocycles. The van der Waals surface area contributed by atoms with Gasteiger partial charge in [-0.15, -0.1) is 0 Å². The highest BCUT2D eigenvalue weighted by Gasteiger charge is 2.40. The number of hydrogen-bond donors (Lipinski definition) is 1. The van der Waals surface area contributed by atoms with E-state index in [9.17, 15) is 8.78 Å². The zero-order valence-electron chi connectivity index (χ0n) is 8.77. The molecule has 0 spiro atoms. The second-order valence-electron chi connectivity index (χ2n) is 4.85. The first-order valence-electron chi connectivity index (χ1n) is 4.90. The zero-order chi connectivity index (χ0) is 10.2. The van der Waals surface area contributed by atoms with Crippen molar-refractivity contribution >= 4 is 0 Å². The van der Waals surface area contributed by atoms with Gasteiger partial charge in [0.2, 0.25) is 0 Å². The Labute approximate surface area is 78.9 Å². The van der Waals surface area contributed by atoms with Gasteiger partial charge in [0.15, 0.2) is 0 Å². The quantitative estimate of drug-likeness (QED) is 0.723. The van der Waals surface area contributed by atoms with Gasteiger partial charge in [-0.2, -0.15) is 0 Å². The van der Waals surface area contributed by atoms with Crippen LogP contribution in [-0.2, 0) is 0 Å². The lowest BCUT2D eigenvalue weighted by atomic mass is 9.71. The van der Waals surface area contributed by atoms with Crippen molar-refractivity contribution in [3.63, 3.8) is 0 Å². The van der Waals surface area contributed by atoms with Crippen LogP contribution < -0.4 is 5.32 Å². The number of rotatable bonds is 3. The van der Waals surface area contributed by atoms with E-state index in [-0.39, 0.29) is 6.04 Å². The molecule has 0 aromatic heterocycles. The second-order valence-corrected chi connectivity index (χ2v) is 4.85. The lowest BCUT2D eigenvalue weighted by Gasteiger charge is -2.45. The van der Waals surface area contributed by atoms with E-state index in [0.29, 0.717) is 11.8 Å².